The SMILES string of the molecule is CNC1CCCN(C(=O)c2ccc(C)c(NS(C)(=O)=O)c2)C1.Cl. The van der Waals surface area contributed by atoms with Crippen LogP contribution in [0.2, 0.25) is 0 Å². The minimum atomic E-state index is -3.36. The number of nitrogens with one attached hydrogen (secondary N) is 2. The summed E-state index contributed by atoms with van der Waals surface area (Å²) in [5.74, 6) is -0.0588. The highest BCUT2D eigenvalue weighted by molar-refractivity contribution is 7.92. The Hall–Kier alpha value is -1.31. The quantitative estimate of drug-likeness (QED) is 0.854. The van der Waals surface area contributed by atoms with E-state index in [1.54, 1.807) is 25.1 Å². The number of likely N-dealkylation sites (tertiary alicyclic amines) is 1. The lowest BCUT2D eigenvalue weighted by Crippen LogP contribution is -2.46. The number of nitrogens with zero attached hydrogens (tertiary/aromatic N) is 1. The maximum atomic E-state index is 12.6. The first-order valence-electron chi connectivity index (χ1n) is 7.35. The Balaban J connectivity index is 0.00000264. The fourth-order valence-corrected chi connectivity index (χ4v) is 3.26. The summed E-state index contributed by atoms with van der Waals surface area (Å²) in [6.07, 6.45) is 3.13. The van der Waals surface area contributed by atoms with E-state index in [4.69, 9.17) is 0 Å². The van der Waals surface area contributed by atoms with E-state index in [-0.39, 0.29) is 18.3 Å². The number of hydrogen-bond acceptors (Lipinski definition) is 4. The van der Waals surface area contributed by atoms with E-state index in [2.05, 4.69) is 10.0 Å². The molecule has 0 aliphatic carbocycles. The molecular weight excluding hydrogens is 338 g/mol. The summed E-state index contributed by atoms with van der Waals surface area (Å²) >= 11 is 0. The third-order valence-corrected chi connectivity index (χ3v) is 4.49. The molecule has 0 saturated carbocycles. The molecule has 1 unspecified atom stereocenters. The Kier molecular flexibility index (Phi) is 6.85. The number of likely N-dealkylation sites (N-methyl/N-ethyl adjacent to an activating group) is 1. The first kappa shape index (κ1) is 19.7. The van der Waals surface area contributed by atoms with Crippen LogP contribution < -0.4 is 10.0 Å². The lowest BCUT2D eigenvalue weighted by Gasteiger charge is -2.32. The molecule has 1 atom stereocenters. The van der Waals surface area contributed by atoms with Crippen LogP contribution in [-0.4, -0.2) is 51.7 Å². The second kappa shape index (κ2) is 7.99. The van der Waals surface area contributed by atoms with Crippen LogP contribution in [0.4, 0.5) is 5.69 Å². The van der Waals surface area contributed by atoms with Crippen LogP contribution in [0.15, 0.2) is 18.2 Å². The number of aryl methyl sites for hydroxylation is 1. The lowest BCUT2D eigenvalue weighted by molar-refractivity contribution is 0.0698. The van der Waals surface area contributed by atoms with Gasteiger partial charge in [0.2, 0.25) is 10.0 Å². The van der Waals surface area contributed by atoms with Crippen LogP contribution in [0.3, 0.4) is 0 Å². The summed E-state index contributed by atoms with van der Waals surface area (Å²) in [6.45, 7) is 3.22. The molecule has 0 aromatic heterocycles. The number of amides is 1. The molecule has 0 radical (unpaired) electrons. The molecule has 0 spiro atoms. The number of carbonyl (C=O) groups excluding carboxylic acids is 1. The van der Waals surface area contributed by atoms with Gasteiger partial charge in [0.15, 0.2) is 0 Å². The molecule has 2 N–H and O–H groups in total. The molecular formula is C15H24ClN3O3S. The molecule has 6 nitrogen and oxygen atoms in total. The molecule has 1 aromatic rings. The van der Waals surface area contributed by atoms with Crippen LogP contribution in [0.25, 0.3) is 0 Å². The molecule has 1 heterocycles. The molecule has 2 rings (SSSR count). The molecule has 1 fully saturated rings. The molecule has 1 aliphatic rings. The predicted octanol–water partition coefficient (Wildman–Crippen LogP) is 1.61. The number of carbonyl (C=O) groups is 1. The van der Waals surface area contributed by atoms with Gasteiger partial charge in [0, 0.05) is 24.7 Å². The largest absolute Gasteiger partial charge is 0.337 e. The Bertz CT molecular complexity index is 664. The van der Waals surface area contributed by atoms with Crippen LogP contribution in [-0.2, 0) is 10.0 Å². The van der Waals surface area contributed by atoms with Crippen LogP contribution in [0, 0.1) is 6.92 Å². The fraction of sp³-hybridized carbons (Fsp3) is 0.533. The van der Waals surface area contributed by atoms with E-state index >= 15 is 0 Å². The summed E-state index contributed by atoms with van der Waals surface area (Å²) in [5.41, 5.74) is 1.75. The summed E-state index contributed by atoms with van der Waals surface area (Å²) < 4.78 is 25.3. The Labute approximate surface area is 144 Å². The third kappa shape index (κ3) is 5.37. The van der Waals surface area contributed by atoms with Gasteiger partial charge in [0.1, 0.15) is 0 Å². The molecule has 8 heteroatoms. The van der Waals surface area contributed by atoms with Gasteiger partial charge in [-0.1, -0.05) is 6.07 Å². The van der Waals surface area contributed by atoms with E-state index in [9.17, 15) is 13.2 Å². The summed E-state index contributed by atoms with van der Waals surface area (Å²) in [4.78, 5) is 14.4. The standard InChI is InChI=1S/C15H23N3O3S.ClH/c1-11-6-7-12(9-14(11)17-22(3,20)21)15(19)18-8-4-5-13(10-18)16-2;/h6-7,9,13,16-17H,4-5,8,10H2,1-3H3;1H. The number of piperidine rings is 1. The van der Waals surface area contributed by atoms with Crippen molar-refractivity contribution in [2.75, 3.05) is 31.1 Å². The summed E-state index contributed by atoms with van der Waals surface area (Å²) in [5, 5.41) is 3.21. The van der Waals surface area contributed by atoms with E-state index < -0.39 is 10.0 Å². The van der Waals surface area contributed by atoms with Crippen molar-refractivity contribution in [2.45, 2.75) is 25.8 Å². The van der Waals surface area contributed by atoms with Gasteiger partial charge >= 0.3 is 0 Å². The minimum absolute atomic E-state index is 0. The van der Waals surface area contributed by atoms with Gasteiger partial charge in [0.05, 0.1) is 11.9 Å². The second-order valence-corrected chi connectivity index (χ2v) is 7.53. The first-order valence-corrected chi connectivity index (χ1v) is 9.24. The molecule has 1 amide bonds. The molecule has 23 heavy (non-hydrogen) atoms. The number of anilines is 1. The normalized spacial score (nSPS) is 18.2. The van der Waals surface area contributed by atoms with Gasteiger partial charge in [-0.25, -0.2) is 8.42 Å². The van der Waals surface area contributed by atoms with Gasteiger partial charge in [-0.2, -0.15) is 0 Å². The average molecular weight is 362 g/mol. The smallest absolute Gasteiger partial charge is 0.253 e. The van der Waals surface area contributed by atoms with E-state index in [0.717, 1.165) is 31.2 Å². The topological polar surface area (TPSA) is 78.5 Å². The monoisotopic (exact) mass is 361 g/mol. The van der Waals surface area contributed by atoms with Crippen molar-refractivity contribution in [3.8, 4) is 0 Å². The number of halogens is 1. The zero-order valence-electron chi connectivity index (χ0n) is 13.6. The zero-order valence-corrected chi connectivity index (χ0v) is 15.3. The van der Waals surface area contributed by atoms with Gasteiger partial charge in [-0.15, -0.1) is 12.4 Å². The van der Waals surface area contributed by atoms with Gasteiger partial charge in [0.25, 0.3) is 5.91 Å². The van der Waals surface area contributed by atoms with E-state index in [1.807, 2.05) is 11.9 Å². The van der Waals surface area contributed by atoms with Crippen molar-refractivity contribution in [2.24, 2.45) is 0 Å². The van der Waals surface area contributed by atoms with E-state index in [0.29, 0.717) is 23.8 Å². The lowest BCUT2D eigenvalue weighted by atomic mass is 10.0. The van der Waals surface area contributed by atoms with Gasteiger partial charge in [-0.3, -0.25) is 9.52 Å². The maximum absolute atomic E-state index is 12.6. The van der Waals surface area contributed by atoms with Crippen molar-refractivity contribution in [1.29, 1.82) is 0 Å². The molecule has 1 aromatic carbocycles. The second-order valence-electron chi connectivity index (χ2n) is 5.78. The maximum Gasteiger partial charge on any atom is 0.253 e. The minimum Gasteiger partial charge on any atom is -0.337 e. The highest BCUT2D eigenvalue weighted by Gasteiger charge is 2.24. The first-order chi connectivity index (χ1) is 10.3. The number of rotatable bonds is 4. The van der Waals surface area contributed by atoms with Crippen LogP contribution in [0.1, 0.15) is 28.8 Å². The molecule has 1 saturated heterocycles. The molecule has 1 aliphatic heterocycles. The number of hydrogen-bond donors (Lipinski definition) is 2. The average Bonchev–Trinajstić information content (AvgIpc) is 2.47. The third-order valence-electron chi connectivity index (χ3n) is 3.90. The fourth-order valence-electron chi connectivity index (χ4n) is 2.64. The van der Waals surface area contributed by atoms with Gasteiger partial charge in [-0.05, 0) is 44.5 Å². The Morgan fingerprint density at radius 2 is 2.04 bits per heavy atom. The predicted molar refractivity (Wildman–Crippen MR) is 94.9 cm³/mol. The summed E-state index contributed by atoms with van der Waals surface area (Å²) in [6, 6.07) is 5.44. The Morgan fingerprint density at radius 1 is 1.35 bits per heavy atom. The Morgan fingerprint density at radius 3 is 2.65 bits per heavy atom. The highest BCUT2D eigenvalue weighted by atomic mass is 35.5. The summed E-state index contributed by atoms with van der Waals surface area (Å²) in [7, 11) is -1.46. The van der Waals surface area contributed by atoms with E-state index in [1.165, 1.54) is 0 Å². The number of sulfonamides is 1. The van der Waals surface area contributed by atoms with Crippen LogP contribution >= 0.6 is 12.4 Å². The molecule has 0 bridgehead atoms. The number of benzene rings is 1. The van der Waals surface area contributed by atoms with Crippen molar-refractivity contribution < 1.29 is 13.2 Å². The highest BCUT2D eigenvalue weighted by Crippen LogP contribution is 2.20. The van der Waals surface area contributed by atoms with Crippen LogP contribution in [0.5, 0.6) is 0 Å². The van der Waals surface area contributed by atoms with Gasteiger partial charge < -0.3 is 10.2 Å². The van der Waals surface area contributed by atoms with Crippen molar-refractivity contribution in [3.05, 3.63) is 29.3 Å². The van der Waals surface area contributed by atoms with Crippen molar-refractivity contribution in [1.82, 2.24) is 10.2 Å². The van der Waals surface area contributed by atoms with Crippen molar-refractivity contribution in [3.63, 3.8) is 0 Å². The zero-order chi connectivity index (χ0) is 16.3. The molecule has 130 valence electrons. The van der Waals surface area contributed by atoms with Crippen molar-refractivity contribution >= 4 is 34.0 Å².